The molecule has 2 unspecified atom stereocenters. The molecule has 0 amide bonds. The van der Waals surface area contributed by atoms with Gasteiger partial charge < -0.3 is 15.2 Å². The number of thiazole rings is 1. The minimum absolute atomic E-state index is 0.321. The molecule has 0 radical (unpaired) electrons. The van der Waals surface area contributed by atoms with Crippen molar-refractivity contribution < 1.29 is 18.8 Å². The third-order valence-electron chi connectivity index (χ3n) is 4.18. The molecule has 0 saturated carbocycles. The molecule has 1 heterocycles. The van der Waals surface area contributed by atoms with Crippen LogP contribution in [-0.2, 0) is 20.5 Å². The lowest BCUT2D eigenvalue weighted by Gasteiger charge is -2.32. The number of carboxylic acid groups (broad SMARTS) is 1. The van der Waals surface area contributed by atoms with Gasteiger partial charge in [-0.3, -0.25) is 4.79 Å². The normalized spacial score (nSPS) is 14.7. The van der Waals surface area contributed by atoms with Crippen LogP contribution in [0.25, 0.3) is 0 Å². The van der Waals surface area contributed by atoms with Gasteiger partial charge in [0.15, 0.2) is 5.13 Å². The van der Waals surface area contributed by atoms with Gasteiger partial charge in [0, 0.05) is 18.7 Å². The minimum atomic E-state index is -1.74. The van der Waals surface area contributed by atoms with Crippen LogP contribution in [0.3, 0.4) is 0 Å². The average molecular weight is 440 g/mol. The van der Waals surface area contributed by atoms with Crippen LogP contribution >= 0.6 is 11.3 Å². The highest BCUT2D eigenvalue weighted by atomic mass is 32.2. The molecule has 29 heavy (non-hydrogen) atoms. The van der Waals surface area contributed by atoms with Crippen molar-refractivity contribution >= 4 is 33.4 Å². The molecule has 0 aliphatic rings. The first-order chi connectivity index (χ1) is 13.8. The molecule has 0 spiro atoms. The van der Waals surface area contributed by atoms with E-state index in [1.54, 1.807) is 14.0 Å². The zero-order valence-corrected chi connectivity index (χ0v) is 19.0. The Morgan fingerprint density at radius 2 is 2.00 bits per heavy atom. The maximum absolute atomic E-state index is 12.8. The van der Waals surface area contributed by atoms with Crippen LogP contribution < -0.4 is 10.0 Å². The van der Waals surface area contributed by atoms with Gasteiger partial charge in [0.25, 0.3) is 0 Å². The number of benzene rings is 1. The summed E-state index contributed by atoms with van der Waals surface area (Å²) in [5, 5.41) is 13.3. The van der Waals surface area contributed by atoms with Crippen molar-refractivity contribution in [3.8, 4) is 0 Å². The van der Waals surface area contributed by atoms with E-state index in [0.29, 0.717) is 21.6 Å². The van der Waals surface area contributed by atoms with Crippen LogP contribution in [-0.4, -0.2) is 39.5 Å². The zero-order chi connectivity index (χ0) is 22.0. The summed E-state index contributed by atoms with van der Waals surface area (Å²) in [5.41, 5.74) is 0.0309. The van der Waals surface area contributed by atoms with Gasteiger partial charge in [-0.1, -0.05) is 69.0 Å². The number of hydrogen-bond donors (Lipinski definition) is 3. The summed E-state index contributed by atoms with van der Waals surface area (Å²) < 4.78 is 20.9. The molecule has 0 saturated heterocycles. The second-order valence-corrected chi connectivity index (χ2v) is 8.63. The molecule has 0 fully saturated rings. The van der Waals surface area contributed by atoms with E-state index in [2.05, 4.69) is 21.6 Å². The van der Waals surface area contributed by atoms with Crippen molar-refractivity contribution in [2.45, 2.75) is 43.4 Å². The Labute approximate surface area is 178 Å². The lowest BCUT2D eigenvalue weighted by atomic mass is 9.83. The van der Waals surface area contributed by atoms with Gasteiger partial charge in [-0.15, -0.1) is 0 Å². The standard InChI is InChI=1S/C18H23N3O4S2.C2H6/c1-12(11-25-4)20-17-19-10-15(26-17)27(24)21-18(3,16(22)23)13(2)14-8-6-5-7-9-14;1-2/h5-10,13,21H,1,11H2,2-4H3,(H,19,20)(H,22,23);1-2H3/t13?,18-,27?;/m0./s1. The second-order valence-electron chi connectivity index (χ2n) is 6.16. The fourth-order valence-electron chi connectivity index (χ4n) is 2.40. The Kier molecular flexibility index (Phi) is 10.2. The molecule has 0 aliphatic heterocycles. The van der Waals surface area contributed by atoms with Crippen molar-refractivity contribution in [1.29, 1.82) is 0 Å². The molecule has 0 bridgehead atoms. The summed E-state index contributed by atoms with van der Waals surface area (Å²) in [5.74, 6) is -1.49. The summed E-state index contributed by atoms with van der Waals surface area (Å²) >= 11 is 1.16. The monoisotopic (exact) mass is 439 g/mol. The SMILES string of the molecule is C=C(COC)Nc1ncc(S(=O)N[C@](C)(C(=O)O)C(C)c2ccccc2)s1.CC. The summed E-state index contributed by atoms with van der Waals surface area (Å²) in [6.07, 6.45) is 1.45. The highest BCUT2D eigenvalue weighted by Gasteiger charge is 2.41. The number of rotatable bonds is 10. The van der Waals surface area contributed by atoms with Crippen molar-refractivity contribution in [1.82, 2.24) is 9.71 Å². The van der Waals surface area contributed by atoms with E-state index < -0.39 is 28.4 Å². The summed E-state index contributed by atoms with van der Waals surface area (Å²) in [4.78, 5) is 16.1. The number of hydrogen-bond acceptors (Lipinski definition) is 6. The van der Waals surface area contributed by atoms with Crippen LogP contribution in [0, 0.1) is 0 Å². The number of aliphatic carboxylic acids is 1. The van der Waals surface area contributed by atoms with Gasteiger partial charge in [-0.05, 0) is 12.5 Å². The molecular weight excluding hydrogens is 410 g/mol. The van der Waals surface area contributed by atoms with E-state index in [1.165, 1.54) is 13.1 Å². The molecule has 3 N–H and O–H groups in total. The van der Waals surface area contributed by atoms with Crippen molar-refractivity contribution in [2.24, 2.45) is 0 Å². The van der Waals surface area contributed by atoms with E-state index in [1.807, 2.05) is 44.2 Å². The highest BCUT2D eigenvalue weighted by Crippen LogP contribution is 2.30. The smallest absolute Gasteiger partial charge is 0.325 e. The summed E-state index contributed by atoms with van der Waals surface area (Å²) in [6.45, 7) is 11.4. The number of ether oxygens (including phenoxy) is 1. The Balaban J connectivity index is 0.00000204. The number of carboxylic acids is 1. The number of carbonyl (C=O) groups is 1. The lowest BCUT2D eigenvalue weighted by Crippen LogP contribution is -2.53. The Bertz CT molecular complexity index is 826. The van der Waals surface area contributed by atoms with E-state index in [-0.39, 0.29) is 0 Å². The molecule has 9 heteroatoms. The van der Waals surface area contributed by atoms with Crippen LogP contribution in [0.2, 0.25) is 0 Å². The van der Waals surface area contributed by atoms with Crippen LogP contribution in [0.4, 0.5) is 5.13 Å². The van der Waals surface area contributed by atoms with Crippen LogP contribution in [0.5, 0.6) is 0 Å². The number of nitrogens with one attached hydrogen (secondary N) is 2. The van der Waals surface area contributed by atoms with Gasteiger partial charge in [0.05, 0.1) is 12.8 Å². The topological polar surface area (TPSA) is 101 Å². The third-order valence-corrected chi connectivity index (χ3v) is 6.68. The predicted molar refractivity (Wildman–Crippen MR) is 119 cm³/mol. The molecule has 7 nitrogen and oxygen atoms in total. The van der Waals surface area contributed by atoms with Crippen LogP contribution in [0.15, 0.2) is 53.0 Å². The van der Waals surface area contributed by atoms with Crippen molar-refractivity contribution in [2.75, 3.05) is 19.0 Å². The fraction of sp³-hybridized carbons (Fsp3) is 0.400. The quantitative estimate of drug-likeness (QED) is 0.517. The van der Waals surface area contributed by atoms with Crippen molar-refractivity contribution in [3.63, 3.8) is 0 Å². The first-order valence-electron chi connectivity index (χ1n) is 9.15. The van der Waals surface area contributed by atoms with E-state index in [4.69, 9.17) is 4.74 Å². The maximum Gasteiger partial charge on any atom is 0.325 e. The third kappa shape index (κ3) is 6.74. The Morgan fingerprint density at radius 1 is 1.38 bits per heavy atom. The molecule has 3 atom stereocenters. The minimum Gasteiger partial charge on any atom is -0.480 e. The maximum atomic E-state index is 12.8. The first kappa shape index (κ1) is 25.0. The number of methoxy groups -OCH3 is 1. The van der Waals surface area contributed by atoms with Crippen molar-refractivity contribution in [3.05, 3.63) is 54.4 Å². The van der Waals surface area contributed by atoms with Gasteiger partial charge in [-0.25, -0.2) is 13.9 Å². The summed E-state index contributed by atoms with van der Waals surface area (Å²) in [7, 11) is -0.186. The van der Waals surface area contributed by atoms with Gasteiger partial charge >= 0.3 is 5.97 Å². The van der Waals surface area contributed by atoms with Gasteiger partial charge in [0.2, 0.25) is 0 Å². The molecule has 1 aromatic carbocycles. The van der Waals surface area contributed by atoms with E-state index >= 15 is 0 Å². The summed E-state index contributed by atoms with van der Waals surface area (Å²) in [6, 6.07) is 9.26. The molecule has 2 aromatic rings. The Hall–Kier alpha value is -2.07. The van der Waals surface area contributed by atoms with Crippen LogP contribution in [0.1, 0.15) is 39.2 Å². The number of aromatic nitrogens is 1. The molecular formula is C20H29N3O4S2. The predicted octanol–water partition coefficient (Wildman–Crippen LogP) is 4.00. The largest absolute Gasteiger partial charge is 0.480 e. The average Bonchev–Trinajstić information content (AvgIpc) is 3.18. The van der Waals surface area contributed by atoms with Gasteiger partial charge in [0.1, 0.15) is 20.7 Å². The molecule has 2 rings (SSSR count). The van der Waals surface area contributed by atoms with E-state index in [0.717, 1.165) is 16.9 Å². The first-order valence-corrected chi connectivity index (χ1v) is 11.1. The second kappa shape index (κ2) is 11.8. The number of nitrogens with zero attached hydrogens (tertiary/aromatic N) is 1. The highest BCUT2D eigenvalue weighted by molar-refractivity contribution is 7.85. The Morgan fingerprint density at radius 3 is 2.55 bits per heavy atom. The fourth-order valence-corrected chi connectivity index (χ4v) is 4.56. The van der Waals surface area contributed by atoms with Gasteiger partial charge in [-0.2, -0.15) is 0 Å². The van der Waals surface area contributed by atoms with E-state index in [9.17, 15) is 14.1 Å². The molecule has 160 valence electrons. The molecule has 0 aliphatic carbocycles. The lowest BCUT2D eigenvalue weighted by molar-refractivity contribution is -0.144. The molecule has 1 aromatic heterocycles. The number of anilines is 1. The zero-order valence-electron chi connectivity index (χ0n) is 17.4.